The van der Waals surface area contributed by atoms with Gasteiger partial charge >= 0.3 is 0 Å². The summed E-state index contributed by atoms with van der Waals surface area (Å²) in [7, 11) is 4.06. The second-order valence-electron chi connectivity index (χ2n) is 8.71. The number of hydrogen-bond acceptors (Lipinski definition) is 4. The fraction of sp³-hybridized carbons (Fsp3) is 0.222. The van der Waals surface area contributed by atoms with Crippen molar-refractivity contribution in [1.29, 1.82) is 0 Å². The van der Waals surface area contributed by atoms with Gasteiger partial charge in [-0.15, -0.1) is 0 Å². The number of fused-ring (bicyclic) bond motifs is 1. The third-order valence-electron chi connectivity index (χ3n) is 6.39. The van der Waals surface area contributed by atoms with E-state index in [0.29, 0.717) is 11.4 Å². The molecule has 0 amide bonds. The number of ketones is 1. The molecule has 3 aromatic carbocycles. The van der Waals surface area contributed by atoms with E-state index >= 15 is 0 Å². The molecule has 0 fully saturated rings. The van der Waals surface area contributed by atoms with Gasteiger partial charge in [0.1, 0.15) is 0 Å². The average Bonchev–Trinajstić information content (AvgIpc) is 2.96. The van der Waals surface area contributed by atoms with Crippen molar-refractivity contribution < 1.29 is 4.79 Å². The zero-order chi connectivity index (χ0) is 22.2. The van der Waals surface area contributed by atoms with Crippen molar-refractivity contribution in [2.75, 3.05) is 29.6 Å². The molecule has 162 valence electrons. The number of carbonyl (C=O) groups excluding carboxylic acids is 1. The number of nitrogens with zero attached hydrogens (tertiary/aromatic N) is 1. The van der Waals surface area contributed by atoms with Crippen LogP contribution in [0, 0.1) is 0 Å². The molecule has 0 aromatic heterocycles. The number of rotatable bonds is 3. The number of nitrogens with one attached hydrogen (secondary N) is 2. The van der Waals surface area contributed by atoms with Crippen molar-refractivity contribution >= 4 is 34.4 Å². The first kappa shape index (κ1) is 20.7. The quantitative estimate of drug-likeness (QED) is 0.492. The molecular weight excluding hydrogens is 418 g/mol. The van der Waals surface area contributed by atoms with Crippen LogP contribution in [0.5, 0.6) is 0 Å². The number of halogens is 1. The van der Waals surface area contributed by atoms with Gasteiger partial charge in [-0.05, 0) is 59.9 Å². The van der Waals surface area contributed by atoms with Crippen molar-refractivity contribution in [3.05, 3.63) is 100 Å². The van der Waals surface area contributed by atoms with Gasteiger partial charge in [0.2, 0.25) is 0 Å². The molecule has 1 aliphatic heterocycles. The summed E-state index contributed by atoms with van der Waals surface area (Å²) < 4.78 is 0. The summed E-state index contributed by atoms with van der Waals surface area (Å²) in [5.41, 5.74) is 7.20. The van der Waals surface area contributed by atoms with Crippen molar-refractivity contribution in [3.8, 4) is 0 Å². The SMILES string of the molecule is CN(C)c1ccc(C2Nc3ccccc3NC3=C2C(=O)CC(c2ccc(Cl)cc2)C3)cc1. The van der Waals surface area contributed by atoms with Crippen LogP contribution in [0.25, 0.3) is 0 Å². The largest absolute Gasteiger partial charge is 0.378 e. The number of hydrogen-bond donors (Lipinski definition) is 2. The molecule has 2 atom stereocenters. The highest BCUT2D eigenvalue weighted by molar-refractivity contribution is 6.30. The minimum Gasteiger partial charge on any atom is -0.378 e. The lowest BCUT2D eigenvalue weighted by molar-refractivity contribution is -0.116. The summed E-state index contributed by atoms with van der Waals surface area (Å²) in [6, 6.07) is 24.3. The molecule has 2 unspecified atom stereocenters. The maximum absolute atomic E-state index is 13.6. The third kappa shape index (κ3) is 3.87. The lowest BCUT2D eigenvalue weighted by Crippen LogP contribution is -2.26. The molecule has 0 spiro atoms. The zero-order valence-corrected chi connectivity index (χ0v) is 19.0. The van der Waals surface area contributed by atoms with Crippen LogP contribution in [0.2, 0.25) is 5.02 Å². The summed E-state index contributed by atoms with van der Waals surface area (Å²) in [4.78, 5) is 15.6. The second kappa shape index (κ2) is 8.36. The van der Waals surface area contributed by atoms with Crippen molar-refractivity contribution in [2.45, 2.75) is 24.8 Å². The molecule has 2 N–H and O–H groups in total. The van der Waals surface area contributed by atoms with Crippen molar-refractivity contribution in [1.82, 2.24) is 0 Å². The number of benzene rings is 3. The van der Waals surface area contributed by atoms with Crippen LogP contribution in [-0.4, -0.2) is 19.9 Å². The molecule has 32 heavy (non-hydrogen) atoms. The van der Waals surface area contributed by atoms with E-state index in [1.54, 1.807) is 0 Å². The predicted molar refractivity (Wildman–Crippen MR) is 133 cm³/mol. The summed E-state index contributed by atoms with van der Waals surface area (Å²) in [6.07, 6.45) is 1.28. The zero-order valence-electron chi connectivity index (χ0n) is 18.2. The Balaban J connectivity index is 1.58. The van der Waals surface area contributed by atoms with Gasteiger partial charge in [-0.2, -0.15) is 0 Å². The number of allylic oxidation sites excluding steroid dienone is 1. The van der Waals surface area contributed by atoms with Crippen LogP contribution in [0.3, 0.4) is 0 Å². The highest BCUT2D eigenvalue weighted by atomic mass is 35.5. The van der Waals surface area contributed by atoms with E-state index in [9.17, 15) is 4.79 Å². The molecule has 2 aliphatic rings. The Kier molecular flexibility index (Phi) is 5.40. The monoisotopic (exact) mass is 443 g/mol. The highest BCUT2D eigenvalue weighted by Crippen LogP contribution is 2.44. The molecule has 0 saturated heterocycles. The Morgan fingerprint density at radius 2 is 1.50 bits per heavy atom. The van der Waals surface area contributed by atoms with Crippen molar-refractivity contribution in [3.63, 3.8) is 0 Å². The first-order valence-corrected chi connectivity index (χ1v) is 11.3. The maximum atomic E-state index is 13.6. The number of para-hydroxylation sites is 2. The topological polar surface area (TPSA) is 44.4 Å². The van der Waals surface area contributed by atoms with Crippen molar-refractivity contribution in [2.24, 2.45) is 0 Å². The van der Waals surface area contributed by atoms with E-state index in [4.69, 9.17) is 11.6 Å². The summed E-state index contributed by atoms with van der Waals surface area (Å²) in [5, 5.41) is 7.95. The Hall–Kier alpha value is -3.24. The summed E-state index contributed by atoms with van der Waals surface area (Å²) in [5.74, 6) is 0.314. The third-order valence-corrected chi connectivity index (χ3v) is 6.65. The minimum absolute atomic E-state index is 0.132. The van der Waals surface area contributed by atoms with E-state index in [2.05, 4.69) is 51.9 Å². The van der Waals surface area contributed by atoms with Gasteiger partial charge in [-0.25, -0.2) is 0 Å². The van der Waals surface area contributed by atoms with Gasteiger partial charge in [0, 0.05) is 42.5 Å². The van der Waals surface area contributed by atoms with E-state index in [0.717, 1.165) is 45.9 Å². The van der Waals surface area contributed by atoms with E-state index < -0.39 is 0 Å². The van der Waals surface area contributed by atoms with E-state index in [-0.39, 0.29) is 17.7 Å². The molecule has 0 saturated carbocycles. The smallest absolute Gasteiger partial charge is 0.163 e. The lowest BCUT2D eigenvalue weighted by atomic mass is 9.78. The van der Waals surface area contributed by atoms with Crippen LogP contribution in [0.1, 0.15) is 35.9 Å². The number of anilines is 3. The molecule has 3 aromatic rings. The van der Waals surface area contributed by atoms with Gasteiger partial charge in [0.25, 0.3) is 0 Å². The minimum atomic E-state index is -0.198. The maximum Gasteiger partial charge on any atom is 0.163 e. The highest BCUT2D eigenvalue weighted by Gasteiger charge is 2.36. The first-order chi connectivity index (χ1) is 15.5. The molecule has 0 bridgehead atoms. The Morgan fingerprint density at radius 3 is 2.19 bits per heavy atom. The fourth-order valence-electron chi connectivity index (χ4n) is 4.68. The van der Waals surface area contributed by atoms with Crippen LogP contribution in [0.4, 0.5) is 17.1 Å². The van der Waals surface area contributed by atoms with Gasteiger partial charge in [0.05, 0.1) is 17.4 Å². The van der Waals surface area contributed by atoms with Gasteiger partial charge in [-0.3, -0.25) is 4.79 Å². The molecule has 4 nitrogen and oxygen atoms in total. The van der Waals surface area contributed by atoms with Gasteiger partial charge < -0.3 is 15.5 Å². The normalized spacial score (nSPS) is 19.9. The molecule has 1 heterocycles. The van der Waals surface area contributed by atoms with Crippen LogP contribution < -0.4 is 15.5 Å². The van der Waals surface area contributed by atoms with Crippen LogP contribution in [-0.2, 0) is 4.79 Å². The van der Waals surface area contributed by atoms with Crippen LogP contribution in [0.15, 0.2) is 84.1 Å². The molecule has 5 heteroatoms. The Morgan fingerprint density at radius 1 is 0.844 bits per heavy atom. The first-order valence-electron chi connectivity index (χ1n) is 10.9. The molecule has 0 radical (unpaired) electrons. The lowest BCUT2D eigenvalue weighted by Gasteiger charge is -2.30. The molecule has 5 rings (SSSR count). The van der Waals surface area contributed by atoms with E-state index in [1.807, 2.05) is 50.5 Å². The Labute approximate surface area is 193 Å². The number of Topliss-reactive ketones (excluding diaryl/α,β-unsaturated/α-hetero) is 1. The second-order valence-corrected chi connectivity index (χ2v) is 9.14. The molecular formula is C27H26ClN3O. The average molecular weight is 444 g/mol. The Bertz CT molecular complexity index is 1180. The standard InChI is InChI=1S/C27H26ClN3O/c1-31(2)21-13-9-18(10-14-21)27-26-24(29-22-5-3-4-6-23(22)30-27)15-19(16-25(26)32)17-7-11-20(28)12-8-17/h3-14,19,27,29-30H,15-16H2,1-2H3. The number of carbonyl (C=O) groups is 1. The van der Waals surface area contributed by atoms with Gasteiger partial charge in [0.15, 0.2) is 5.78 Å². The van der Waals surface area contributed by atoms with Crippen LogP contribution >= 0.6 is 11.6 Å². The summed E-state index contributed by atoms with van der Waals surface area (Å²) >= 11 is 6.09. The van der Waals surface area contributed by atoms with E-state index in [1.165, 1.54) is 0 Å². The fourth-order valence-corrected chi connectivity index (χ4v) is 4.80. The summed E-state index contributed by atoms with van der Waals surface area (Å²) in [6.45, 7) is 0. The van der Waals surface area contributed by atoms with Gasteiger partial charge in [-0.1, -0.05) is 48.0 Å². The molecule has 1 aliphatic carbocycles. The predicted octanol–water partition coefficient (Wildman–Crippen LogP) is 6.39.